The summed E-state index contributed by atoms with van der Waals surface area (Å²) in [5.41, 5.74) is -4.45. The number of rotatable bonds is 9. The van der Waals surface area contributed by atoms with Gasteiger partial charge in [-0.15, -0.1) is 16.4 Å². The van der Waals surface area contributed by atoms with E-state index in [0.29, 0.717) is 23.4 Å². The highest BCUT2D eigenvalue weighted by molar-refractivity contribution is 7.14. The van der Waals surface area contributed by atoms with E-state index in [0.717, 1.165) is 39.2 Å². The molecule has 0 fully saturated rings. The fourth-order valence-electron chi connectivity index (χ4n) is 4.35. The van der Waals surface area contributed by atoms with E-state index < -0.39 is 59.8 Å². The number of aryl methyl sites for hydroxylation is 2. The van der Waals surface area contributed by atoms with Gasteiger partial charge in [-0.2, -0.15) is 44.3 Å². The minimum absolute atomic E-state index is 0.0328. The first kappa shape index (κ1) is 33.7. The Labute approximate surface area is 253 Å². The molecule has 0 amide bonds. The summed E-state index contributed by atoms with van der Waals surface area (Å²) in [5.74, 6) is -1.03. The van der Waals surface area contributed by atoms with Crippen LogP contribution in [-0.2, 0) is 49.8 Å². The molecule has 18 heteroatoms. The number of benzene rings is 2. The van der Waals surface area contributed by atoms with Gasteiger partial charge in [0.1, 0.15) is 0 Å². The van der Waals surface area contributed by atoms with Gasteiger partial charge in [-0.05, 0) is 60.0 Å². The zero-order valence-electron chi connectivity index (χ0n) is 23.6. The molecular weight excluding hydrogens is 643 g/mol. The lowest BCUT2D eigenvalue weighted by molar-refractivity contribution is -0.143. The first-order valence-corrected chi connectivity index (χ1v) is 13.9. The molecule has 4 rings (SSSR count). The number of halogens is 9. The summed E-state index contributed by atoms with van der Waals surface area (Å²) >= 11 is 0.977. The maximum atomic E-state index is 13.8. The summed E-state index contributed by atoms with van der Waals surface area (Å²) in [4.78, 5) is 19.3. The van der Waals surface area contributed by atoms with Crippen LogP contribution in [-0.4, -0.2) is 37.8 Å². The highest BCUT2D eigenvalue weighted by atomic mass is 32.1. The van der Waals surface area contributed by atoms with Crippen LogP contribution < -0.4 is 4.90 Å². The first-order chi connectivity index (χ1) is 20.9. The number of ether oxygens (including phenoxy) is 1. The quantitative estimate of drug-likeness (QED) is 0.137. The van der Waals surface area contributed by atoms with Gasteiger partial charge < -0.3 is 9.64 Å². The van der Waals surface area contributed by atoms with Gasteiger partial charge in [-0.3, -0.25) is 0 Å². The third-order valence-electron chi connectivity index (χ3n) is 6.32. The molecule has 0 aliphatic carbocycles. The molecule has 0 saturated heterocycles. The number of nitrogens with zero attached hydrogens (tertiary/aromatic N) is 6. The molecular formula is C27H23F9N6O2S. The Balaban J connectivity index is 1.88. The van der Waals surface area contributed by atoms with Crippen LogP contribution in [0.1, 0.15) is 56.3 Å². The largest absolute Gasteiger partial charge is 0.461 e. The Morgan fingerprint density at radius 2 is 1.51 bits per heavy atom. The molecule has 0 saturated carbocycles. The minimum atomic E-state index is -5.13. The number of hydrogen-bond donors (Lipinski definition) is 0. The van der Waals surface area contributed by atoms with Crippen LogP contribution in [0, 0.1) is 0 Å². The first-order valence-electron chi connectivity index (χ1n) is 13.0. The lowest BCUT2D eigenvalue weighted by Gasteiger charge is -2.24. The fraction of sp³-hybridized carbons (Fsp3) is 0.370. The van der Waals surface area contributed by atoms with Gasteiger partial charge in [0.2, 0.25) is 5.01 Å². The summed E-state index contributed by atoms with van der Waals surface area (Å²) in [6.45, 7) is 2.15. The highest BCUT2D eigenvalue weighted by Gasteiger charge is 2.37. The maximum absolute atomic E-state index is 13.8. The number of tetrazole rings is 1. The van der Waals surface area contributed by atoms with Gasteiger partial charge >= 0.3 is 24.5 Å². The summed E-state index contributed by atoms with van der Waals surface area (Å²) in [5, 5.41) is 11.4. The average Bonchev–Trinajstić information content (AvgIpc) is 3.57. The normalized spacial score (nSPS) is 12.4. The van der Waals surface area contributed by atoms with Crippen molar-refractivity contribution in [2.75, 3.05) is 11.5 Å². The van der Waals surface area contributed by atoms with E-state index >= 15 is 0 Å². The number of aromatic nitrogens is 5. The summed E-state index contributed by atoms with van der Waals surface area (Å²) in [6, 6.07) is 3.70. The lowest BCUT2D eigenvalue weighted by atomic mass is 9.99. The number of esters is 1. The Morgan fingerprint density at radius 1 is 0.889 bits per heavy atom. The minimum Gasteiger partial charge on any atom is -0.461 e. The molecule has 45 heavy (non-hydrogen) atoms. The number of anilines is 1. The van der Waals surface area contributed by atoms with Crippen molar-refractivity contribution < 1.29 is 49.0 Å². The zero-order chi connectivity index (χ0) is 33.3. The van der Waals surface area contributed by atoms with Gasteiger partial charge in [0.15, 0.2) is 0 Å². The molecule has 0 N–H and O–H groups in total. The predicted molar refractivity (Wildman–Crippen MR) is 143 cm³/mol. The summed E-state index contributed by atoms with van der Waals surface area (Å²) < 4.78 is 128. The van der Waals surface area contributed by atoms with E-state index in [1.165, 1.54) is 7.05 Å². The zero-order valence-corrected chi connectivity index (χ0v) is 24.4. The van der Waals surface area contributed by atoms with Crippen LogP contribution in [0.25, 0.3) is 11.3 Å². The molecule has 0 aliphatic heterocycles. The molecule has 0 spiro atoms. The molecule has 0 aliphatic rings. The molecule has 2 aromatic heterocycles. The Bertz CT molecular complexity index is 1650. The van der Waals surface area contributed by atoms with Crippen LogP contribution in [0.15, 0.2) is 36.4 Å². The monoisotopic (exact) mass is 666 g/mol. The van der Waals surface area contributed by atoms with Crippen molar-refractivity contribution in [2.24, 2.45) is 7.05 Å². The van der Waals surface area contributed by atoms with Crippen LogP contribution >= 0.6 is 11.3 Å². The van der Waals surface area contributed by atoms with Crippen molar-refractivity contribution in [3.8, 4) is 11.3 Å². The predicted octanol–water partition coefficient (Wildman–Crippen LogP) is 7.34. The molecule has 242 valence electrons. The summed E-state index contributed by atoms with van der Waals surface area (Å²) in [6.07, 6.45) is -14.7. The third kappa shape index (κ3) is 7.90. The van der Waals surface area contributed by atoms with E-state index in [2.05, 4.69) is 20.4 Å². The number of alkyl halides is 9. The van der Waals surface area contributed by atoms with Crippen molar-refractivity contribution >= 4 is 23.3 Å². The number of carbonyl (C=O) groups excluding carboxylic acids is 1. The van der Waals surface area contributed by atoms with Crippen molar-refractivity contribution in [2.45, 2.75) is 51.9 Å². The smallest absolute Gasteiger partial charge is 0.416 e. The second-order valence-corrected chi connectivity index (χ2v) is 10.7. The summed E-state index contributed by atoms with van der Waals surface area (Å²) in [7, 11) is 1.34. The lowest BCUT2D eigenvalue weighted by Crippen LogP contribution is -2.25. The van der Waals surface area contributed by atoms with E-state index in [-0.39, 0.29) is 40.5 Å². The molecule has 2 heterocycles. The molecule has 0 bridgehead atoms. The highest BCUT2D eigenvalue weighted by Crippen LogP contribution is 2.39. The van der Waals surface area contributed by atoms with Crippen molar-refractivity contribution in [3.63, 3.8) is 0 Å². The maximum Gasteiger partial charge on any atom is 0.416 e. The number of thiazole rings is 1. The molecule has 0 radical (unpaired) electrons. The van der Waals surface area contributed by atoms with E-state index in [1.807, 2.05) is 0 Å². The Hall–Kier alpha value is -4.22. The second-order valence-electron chi connectivity index (χ2n) is 9.58. The van der Waals surface area contributed by atoms with Gasteiger partial charge in [-0.25, -0.2) is 9.78 Å². The van der Waals surface area contributed by atoms with Gasteiger partial charge in [0.25, 0.3) is 5.95 Å². The molecule has 2 aromatic carbocycles. The number of hydrogen-bond acceptors (Lipinski definition) is 8. The Kier molecular flexibility index (Phi) is 9.46. The van der Waals surface area contributed by atoms with Gasteiger partial charge in [-0.1, -0.05) is 18.1 Å². The topological polar surface area (TPSA) is 86.0 Å². The van der Waals surface area contributed by atoms with Crippen molar-refractivity contribution in [3.05, 3.63) is 74.1 Å². The average molecular weight is 667 g/mol. The molecule has 8 nitrogen and oxygen atoms in total. The Morgan fingerprint density at radius 3 is 2.02 bits per heavy atom. The fourth-order valence-corrected chi connectivity index (χ4v) is 5.26. The third-order valence-corrected chi connectivity index (χ3v) is 7.50. The second kappa shape index (κ2) is 12.6. The molecule has 4 aromatic rings. The van der Waals surface area contributed by atoms with Crippen LogP contribution in [0.2, 0.25) is 0 Å². The van der Waals surface area contributed by atoms with Crippen molar-refractivity contribution in [1.82, 2.24) is 25.2 Å². The van der Waals surface area contributed by atoms with Gasteiger partial charge in [0.05, 0.1) is 36.0 Å². The van der Waals surface area contributed by atoms with E-state index in [4.69, 9.17) is 4.74 Å². The van der Waals surface area contributed by atoms with E-state index in [1.54, 1.807) is 13.8 Å². The molecule has 0 atom stereocenters. The van der Waals surface area contributed by atoms with E-state index in [9.17, 15) is 44.3 Å². The van der Waals surface area contributed by atoms with Gasteiger partial charge in [0, 0.05) is 23.5 Å². The van der Waals surface area contributed by atoms with Crippen LogP contribution in [0.3, 0.4) is 0 Å². The standard InChI is InChI=1S/C27H23F9N6O2S/c1-4-20-21(37-22(45-20)23(43)44-5-2)19-7-6-16(25(28,29)30)10-15(19)13-42(24-38-40-41(3)39-24)12-14-8-17(26(31,32)33)11-18(9-14)27(34,35)36/h6-11H,4-5,12-13H2,1-3H3. The SMILES string of the molecule is CCOC(=O)c1nc(-c2ccc(C(F)(F)F)cc2CN(Cc2cc(C(F)(F)F)cc(C(F)(F)F)c2)c2nnn(C)n2)c(CC)s1. The number of carbonyl (C=O) groups is 1. The molecule has 0 unspecified atom stereocenters. The van der Waals surface area contributed by atoms with Crippen molar-refractivity contribution in [1.29, 1.82) is 0 Å². The van der Waals surface area contributed by atoms with Crippen LogP contribution in [0.4, 0.5) is 45.5 Å². The van der Waals surface area contributed by atoms with Crippen LogP contribution in [0.5, 0.6) is 0 Å².